The van der Waals surface area contributed by atoms with E-state index in [1.165, 1.54) is 126 Å². The molecule has 2 aliphatic heterocycles. The molecule has 0 radical (unpaired) electrons. The highest BCUT2D eigenvalue weighted by Crippen LogP contribution is 2.51. The Kier molecular flexibility index (Phi) is 11.4. The maximum atomic E-state index is 2.69. The van der Waals surface area contributed by atoms with E-state index in [1.54, 1.807) is 0 Å². The lowest BCUT2D eigenvalue weighted by molar-refractivity contribution is 0.506. The summed E-state index contributed by atoms with van der Waals surface area (Å²) in [5, 5.41) is 9.13. The van der Waals surface area contributed by atoms with E-state index in [1.807, 2.05) is 11.3 Å². The van der Waals surface area contributed by atoms with Crippen molar-refractivity contribution in [3.63, 3.8) is 0 Å². The minimum Gasteiger partial charge on any atom is -0.311 e. The van der Waals surface area contributed by atoms with Crippen molar-refractivity contribution in [1.29, 1.82) is 0 Å². The first kappa shape index (κ1) is 48.3. The second kappa shape index (κ2) is 17.5. The number of hydrogen-bond donors (Lipinski definition) is 0. The van der Waals surface area contributed by atoms with Crippen LogP contribution in [0.1, 0.15) is 131 Å². The van der Waals surface area contributed by atoms with Gasteiger partial charge in [-0.15, -0.1) is 11.3 Å². The van der Waals surface area contributed by atoms with Gasteiger partial charge in [0.2, 0.25) is 0 Å². The van der Waals surface area contributed by atoms with Gasteiger partial charge in [0.1, 0.15) is 0 Å². The van der Waals surface area contributed by atoms with Crippen LogP contribution in [0.3, 0.4) is 0 Å². The molecule has 2 nitrogen and oxygen atoms in total. The molecule has 12 rings (SSSR count). The maximum Gasteiger partial charge on any atom is 0.264 e. The largest absolute Gasteiger partial charge is 0.311 e. The van der Waals surface area contributed by atoms with Crippen molar-refractivity contribution in [2.75, 3.05) is 9.80 Å². The Balaban J connectivity index is 1.18. The van der Waals surface area contributed by atoms with Gasteiger partial charge in [-0.1, -0.05) is 192 Å². The fourth-order valence-electron chi connectivity index (χ4n) is 12.2. The topological polar surface area (TPSA) is 6.48 Å². The van der Waals surface area contributed by atoms with Crippen molar-refractivity contribution in [1.82, 2.24) is 0 Å². The van der Waals surface area contributed by atoms with Gasteiger partial charge < -0.3 is 9.80 Å². The molecule has 0 fully saturated rings. The Morgan fingerprint density at radius 1 is 0.405 bits per heavy atom. The molecule has 0 spiro atoms. The quantitative estimate of drug-likeness (QED) is 0.0941. The van der Waals surface area contributed by atoms with Gasteiger partial charge in [-0.2, -0.15) is 0 Å². The van der Waals surface area contributed by atoms with E-state index in [4.69, 9.17) is 0 Å². The molecule has 0 N–H and O–H groups in total. The Morgan fingerprint density at radius 2 is 0.919 bits per heavy atom. The van der Waals surface area contributed by atoms with Crippen LogP contribution in [-0.4, -0.2) is 6.71 Å². The number of thiophene rings is 1. The summed E-state index contributed by atoms with van der Waals surface area (Å²) in [6.07, 6.45) is 4.22. The van der Waals surface area contributed by atoms with Crippen molar-refractivity contribution in [2.24, 2.45) is 0 Å². The normalized spacial score (nSPS) is 13.8. The molecule has 9 aromatic carbocycles. The van der Waals surface area contributed by atoms with Crippen LogP contribution in [0.25, 0.3) is 53.5 Å². The molecule has 2 aliphatic rings. The zero-order valence-corrected chi connectivity index (χ0v) is 46.6. The molecule has 0 atom stereocenters. The molecule has 10 aromatic rings. The lowest BCUT2D eigenvalue weighted by Gasteiger charge is -2.45. The predicted octanol–water partition coefficient (Wildman–Crippen LogP) is 18.9. The highest BCUT2D eigenvalue weighted by atomic mass is 32.1. The maximum absolute atomic E-state index is 2.69. The van der Waals surface area contributed by atoms with E-state index in [0.29, 0.717) is 0 Å². The van der Waals surface area contributed by atoms with E-state index in [0.717, 1.165) is 25.7 Å². The van der Waals surface area contributed by atoms with E-state index in [9.17, 15) is 0 Å². The van der Waals surface area contributed by atoms with Crippen LogP contribution in [0.5, 0.6) is 0 Å². The number of anilines is 6. The number of fused-ring (bicyclic) bond motifs is 12. The zero-order chi connectivity index (χ0) is 51.6. The smallest absolute Gasteiger partial charge is 0.264 e. The van der Waals surface area contributed by atoms with Gasteiger partial charge in [0.25, 0.3) is 6.71 Å². The molecule has 0 unspecified atom stereocenters. The van der Waals surface area contributed by atoms with E-state index >= 15 is 0 Å². The lowest BCUT2D eigenvalue weighted by Crippen LogP contribution is -2.60. The third-order valence-corrected chi connectivity index (χ3v) is 19.9. The summed E-state index contributed by atoms with van der Waals surface area (Å²) in [6.45, 7) is 28.6. The van der Waals surface area contributed by atoms with Crippen LogP contribution in [0.2, 0.25) is 0 Å². The lowest BCUT2D eigenvalue weighted by atomic mass is 9.36. The molecule has 4 heteroatoms. The Labute approximate surface area is 445 Å². The highest BCUT2D eigenvalue weighted by molar-refractivity contribution is 7.33. The summed E-state index contributed by atoms with van der Waals surface area (Å²) in [6, 6.07) is 64.0. The molecular weight excluding hydrogens is 912 g/mol. The van der Waals surface area contributed by atoms with Gasteiger partial charge >= 0.3 is 0 Å². The summed E-state index contributed by atoms with van der Waals surface area (Å²) in [7, 11) is 0. The molecule has 0 saturated carbocycles. The highest BCUT2D eigenvalue weighted by Gasteiger charge is 2.47. The number of hydrogen-bond acceptors (Lipinski definition) is 3. The van der Waals surface area contributed by atoms with Crippen molar-refractivity contribution >= 4 is 110 Å². The third kappa shape index (κ3) is 7.40. The predicted molar refractivity (Wildman–Crippen MR) is 327 cm³/mol. The van der Waals surface area contributed by atoms with E-state index in [2.05, 4.69) is 257 Å². The second-order valence-electron chi connectivity index (χ2n) is 24.2. The Morgan fingerprint density at radius 3 is 1.55 bits per heavy atom. The Bertz CT molecular complexity index is 3820. The van der Waals surface area contributed by atoms with Crippen molar-refractivity contribution < 1.29 is 0 Å². The third-order valence-electron chi connectivity index (χ3n) is 18.6. The molecule has 1 aromatic heterocycles. The first-order valence-corrected chi connectivity index (χ1v) is 28.3. The van der Waals surface area contributed by atoms with Gasteiger partial charge in [0, 0.05) is 43.3 Å². The summed E-state index contributed by atoms with van der Waals surface area (Å²) in [5.74, 6) is 0. The van der Waals surface area contributed by atoms with E-state index < -0.39 is 0 Å². The monoisotopic (exact) mass is 983 g/mol. The Hall–Kier alpha value is -6.62. The molecule has 74 heavy (non-hydrogen) atoms. The SMILES string of the molecule is CCC(C)(C)c1ccc(N2c3cc(C(C)(C)CC)cc4c3B(c3cc(C(C)(C)CC)ccc3N4c3cccc(-c4cccc5c6ccccc6c6ccccc6c45)c3)c3sc4ccc(C(C)(C)CC)cc4c32)cc1. The minimum atomic E-state index is -0.0907. The number of rotatable bonds is 11. The van der Waals surface area contributed by atoms with Gasteiger partial charge in [-0.25, -0.2) is 0 Å². The zero-order valence-electron chi connectivity index (χ0n) is 45.8. The van der Waals surface area contributed by atoms with Gasteiger partial charge in [-0.05, 0) is 179 Å². The summed E-state index contributed by atoms with van der Waals surface area (Å²) < 4.78 is 2.77. The second-order valence-corrected chi connectivity index (χ2v) is 25.3. The van der Waals surface area contributed by atoms with Crippen LogP contribution in [-0.2, 0) is 21.7 Å². The van der Waals surface area contributed by atoms with Crippen LogP contribution in [0.15, 0.2) is 164 Å². The molecule has 0 amide bonds. The average Bonchev–Trinajstić information content (AvgIpc) is 3.84. The minimum absolute atomic E-state index is 0.00243. The summed E-state index contributed by atoms with van der Waals surface area (Å²) >= 11 is 2.01. The fourth-order valence-corrected chi connectivity index (χ4v) is 13.5. The molecule has 3 heterocycles. The molecule has 0 saturated heterocycles. The fraction of sp³-hybridized carbons (Fsp3) is 0.286. The first-order chi connectivity index (χ1) is 35.5. The molecule has 370 valence electrons. The standard InChI is InChI=1S/C70H71BN2S/c1-13-67(5,6)45-31-35-49(36-32-45)73-61-43-48(70(11,12)16-4)42-60-64(61)71(66-65(73)57-40-46(68(7,8)14-2)34-38-62(57)74-66)58-41-47(69(9,10)15-3)33-37-59(58)72(60)50-24-21-23-44(39-50)51-29-22-30-56-54-26-18-17-25-52(54)53-27-19-20-28-55(53)63(51)56/h17-43H,13-16H2,1-12H3. The van der Waals surface area contributed by atoms with Crippen molar-refractivity contribution in [2.45, 2.75) is 130 Å². The number of benzene rings is 9. The first-order valence-electron chi connectivity index (χ1n) is 27.5. The molecule has 0 aliphatic carbocycles. The van der Waals surface area contributed by atoms with Gasteiger partial charge in [0.15, 0.2) is 0 Å². The van der Waals surface area contributed by atoms with E-state index in [-0.39, 0.29) is 28.4 Å². The van der Waals surface area contributed by atoms with Crippen LogP contribution >= 0.6 is 11.3 Å². The van der Waals surface area contributed by atoms with Crippen LogP contribution in [0.4, 0.5) is 34.1 Å². The number of nitrogens with zero attached hydrogens (tertiary/aromatic N) is 2. The van der Waals surface area contributed by atoms with Crippen molar-refractivity contribution in [3.8, 4) is 11.1 Å². The van der Waals surface area contributed by atoms with Gasteiger partial charge in [0.05, 0.1) is 5.69 Å². The summed E-state index contributed by atoms with van der Waals surface area (Å²) in [4.78, 5) is 5.34. The average molecular weight is 983 g/mol. The van der Waals surface area contributed by atoms with Crippen molar-refractivity contribution in [3.05, 3.63) is 186 Å². The molecule has 0 bridgehead atoms. The van der Waals surface area contributed by atoms with Crippen LogP contribution < -0.4 is 25.5 Å². The molecular formula is C70H71BN2S. The summed E-state index contributed by atoms with van der Waals surface area (Å²) in [5.41, 5.74) is 18.3. The van der Waals surface area contributed by atoms with Crippen LogP contribution in [0, 0.1) is 0 Å². The van der Waals surface area contributed by atoms with Gasteiger partial charge in [-0.3, -0.25) is 0 Å².